The Hall–Kier alpha value is -1.96. The van der Waals surface area contributed by atoms with E-state index in [9.17, 15) is 4.39 Å². The molecule has 1 aromatic heterocycles. The molecule has 0 radical (unpaired) electrons. The van der Waals surface area contributed by atoms with Crippen LogP contribution in [0.15, 0.2) is 36.5 Å². The van der Waals surface area contributed by atoms with Gasteiger partial charge in [-0.2, -0.15) is 5.26 Å². The molecule has 5 heteroatoms. The normalized spacial score (nSPS) is 10.2. The van der Waals surface area contributed by atoms with Crippen molar-refractivity contribution in [2.24, 2.45) is 0 Å². The first kappa shape index (κ1) is 13.5. The van der Waals surface area contributed by atoms with E-state index in [1.54, 1.807) is 24.4 Å². The zero-order chi connectivity index (χ0) is 13.7. The van der Waals surface area contributed by atoms with E-state index in [1.165, 1.54) is 6.07 Å². The molecule has 1 heterocycles. The molecule has 0 aliphatic heterocycles. The van der Waals surface area contributed by atoms with Crippen LogP contribution < -0.4 is 5.32 Å². The highest BCUT2D eigenvalue weighted by Crippen LogP contribution is 2.16. The summed E-state index contributed by atoms with van der Waals surface area (Å²) in [7, 11) is 0. The summed E-state index contributed by atoms with van der Waals surface area (Å²) in [6.07, 6.45) is 1.59. The Morgan fingerprint density at radius 1 is 1.32 bits per heavy atom. The smallest absolute Gasteiger partial charge is 0.144 e. The standard InChI is InChI=1S/C14H11ClFN3/c15-12-6-10(3-4-13(12)16)8-18-9-11-2-1-5-19-14(11)7-17/h1-6,18H,8-9H2. The number of halogens is 2. The highest BCUT2D eigenvalue weighted by molar-refractivity contribution is 6.30. The number of hydrogen-bond acceptors (Lipinski definition) is 3. The minimum Gasteiger partial charge on any atom is -0.309 e. The fraction of sp³-hybridized carbons (Fsp3) is 0.143. The van der Waals surface area contributed by atoms with Gasteiger partial charge in [0.15, 0.2) is 0 Å². The minimum atomic E-state index is -0.426. The average molecular weight is 276 g/mol. The van der Waals surface area contributed by atoms with Gasteiger partial charge >= 0.3 is 0 Å². The van der Waals surface area contributed by atoms with Gasteiger partial charge in [0.05, 0.1) is 5.02 Å². The summed E-state index contributed by atoms with van der Waals surface area (Å²) in [5.74, 6) is -0.426. The molecule has 0 saturated heterocycles. The van der Waals surface area contributed by atoms with Gasteiger partial charge in [-0.3, -0.25) is 0 Å². The Labute approximate surface area is 115 Å². The molecule has 2 aromatic rings. The molecule has 0 bridgehead atoms. The molecular formula is C14H11ClFN3. The third-order valence-electron chi connectivity index (χ3n) is 2.63. The lowest BCUT2D eigenvalue weighted by Crippen LogP contribution is -2.14. The van der Waals surface area contributed by atoms with Crippen LogP contribution in [0.25, 0.3) is 0 Å². The van der Waals surface area contributed by atoms with Crippen molar-refractivity contribution in [3.63, 3.8) is 0 Å². The second-order valence-electron chi connectivity index (χ2n) is 3.97. The number of pyridine rings is 1. The Balaban J connectivity index is 1.97. The van der Waals surface area contributed by atoms with Gasteiger partial charge in [-0.15, -0.1) is 0 Å². The van der Waals surface area contributed by atoms with Crippen molar-refractivity contribution in [1.29, 1.82) is 5.26 Å². The number of hydrogen-bond donors (Lipinski definition) is 1. The van der Waals surface area contributed by atoms with E-state index in [4.69, 9.17) is 16.9 Å². The van der Waals surface area contributed by atoms with Crippen LogP contribution >= 0.6 is 11.6 Å². The first-order valence-corrected chi connectivity index (χ1v) is 6.07. The summed E-state index contributed by atoms with van der Waals surface area (Å²) in [4.78, 5) is 3.98. The van der Waals surface area contributed by atoms with Crippen molar-refractivity contribution in [2.45, 2.75) is 13.1 Å². The zero-order valence-corrected chi connectivity index (χ0v) is 10.8. The van der Waals surface area contributed by atoms with Crippen LogP contribution in [-0.4, -0.2) is 4.98 Å². The van der Waals surface area contributed by atoms with Gasteiger partial charge in [0, 0.05) is 24.8 Å². The van der Waals surface area contributed by atoms with Crippen LogP contribution in [0.4, 0.5) is 4.39 Å². The minimum absolute atomic E-state index is 0.110. The molecule has 0 aliphatic carbocycles. The fourth-order valence-corrected chi connectivity index (χ4v) is 1.88. The van der Waals surface area contributed by atoms with Gasteiger partial charge in [0.2, 0.25) is 0 Å². The van der Waals surface area contributed by atoms with Crippen LogP contribution in [0.1, 0.15) is 16.8 Å². The maximum Gasteiger partial charge on any atom is 0.144 e. The van der Waals surface area contributed by atoms with Crippen LogP contribution in [0.2, 0.25) is 5.02 Å². The largest absolute Gasteiger partial charge is 0.309 e. The lowest BCUT2D eigenvalue weighted by atomic mass is 10.2. The number of nitriles is 1. The molecule has 1 N–H and O–H groups in total. The maximum atomic E-state index is 13.0. The number of benzene rings is 1. The average Bonchev–Trinajstić information content (AvgIpc) is 2.43. The van der Waals surface area contributed by atoms with Crippen LogP contribution in [0.3, 0.4) is 0 Å². The summed E-state index contributed by atoms with van der Waals surface area (Å²) in [5, 5.41) is 12.2. The molecular weight excluding hydrogens is 265 g/mol. The third kappa shape index (κ3) is 3.50. The predicted octanol–water partition coefficient (Wildman–Crippen LogP) is 3.04. The van der Waals surface area contributed by atoms with Gasteiger partial charge in [0.1, 0.15) is 17.6 Å². The Bertz CT molecular complexity index is 622. The van der Waals surface area contributed by atoms with E-state index in [2.05, 4.69) is 10.3 Å². The first-order chi connectivity index (χ1) is 9.20. The molecule has 1 aromatic carbocycles. The Morgan fingerprint density at radius 2 is 2.16 bits per heavy atom. The van der Waals surface area contributed by atoms with Crippen molar-refractivity contribution < 1.29 is 4.39 Å². The van der Waals surface area contributed by atoms with Crippen LogP contribution in [0, 0.1) is 17.1 Å². The topological polar surface area (TPSA) is 48.7 Å². The molecule has 2 rings (SSSR count). The summed E-state index contributed by atoms with van der Waals surface area (Å²) < 4.78 is 13.0. The van der Waals surface area contributed by atoms with Crippen molar-refractivity contribution in [2.75, 3.05) is 0 Å². The molecule has 0 amide bonds. The molecule has 0 atom stereocenters. The lowest BCUT2D eigenvalue weighted by molar-refractivity contribution is 0.625. The highest BCUT2D eigenvalue weighted by atomic mass is 35.5. The van der Waals surface area contributed by atoms with Crippen molar-refractivity contribution in [1.82, 2.24) is 10.3 Å². The maximum absolute atomic E-state index is 13.0. The van der Waals surface area contributed by atoms with E-state index in [0.717, 1.165) is 11.1 Å². The predicted molar refractivity (Wildman–Crippen MR) is 70.9 cm³/mol. The number of nitrogens with zero attached hydrogens (tertiary/aromatic N) is 2. The summed E-state index contributed by atoms with van der Waals surface area (Å²) in [6, 6.07) is 10.3. The molecule has 0 fully saturated rings. The fourth-order valence-electron chi connectivity index (χ4n) is 1.67. The first-order valence-electron chi connectivity index (χ1n) is 5.69. The second kappa shape index (κ2) is 6.28. The zero-order valence-electron chi connectivity index (χ0n) is 10.0. The third-order valence-corrected chi connectivity index (χ3v) is 2.92. The number of rotatable bonds is 4. The van der Waals surface area contributed by atoms with E-state index >= 15 is 0 Å². The quantitative estimate of drug-likeness (QED) is 0.933. The van der Waals surface area contributed by atoms with Crippen LogP contribution in [-0.2, 0) is 13.1 Å². The van der Waals surface area contributed by atoms with Crippen molar-refractivity contribution >= 4 is 11.6 Å². The number of nitrogens with one attached hydrogen (secondary N) is 1. The van der Waals surface area contributed by atoms with Gasteiger partial charge in [-0.1, -0.05) is 23.7 Å². The molecule has 0 saturated carbocycles. The molecule has 0 spiro atoms. The molecule has 0 unspecified atom stereocenters. The van der Waals surface area contributed by atoms with E-state index in [-0.39, 0.29) is 5.02 Å². The Morgan fingerprint density at radius 3 is 2.89 bits per heavy atom. The molecule has 96 valence electrons. The second-order valence-corrected chi connectivity index (χ2v) is 4.38. The summed E-state index contributed by atoms with van der Waals surface area (Å²) in [6.45, 7) is 1.06. The van der Waals surface area contributed by atoms with E-state index in [1.807, 2.05) is 12.1 Å². The van der Waals surface area contributed by atoms with Gasteiger partial charge < -0.3 is 5.32 Å². The van der Waals surface area contributed by atoms with Gasteiger partial charge in [-0.25, -0.2) is 9.37 Å². The molecule has 3 nitrogen and oxygen atoms in total. The SMILES string of the molecule is N#Cc1ncccc1CNCc1ccc(F)c(Cl)c1. The van der Waals surface area contributed by atoms with Crippen LogP contribution in [0.5, 0.6) is 0 Å². The van der Waals surface area contributed by atoms with Crippen molar-refractivity contribution in [3.8, 4) is 6.07 Å². The van der Waals surface area contributed by atoms with E-state index < -0.39 is 5.82 Å². The van der Waals surface area contributed by atoms with E-state index in [0.29, 0.717) is 18.8 Å². The lowest BCUT2D eigenvalue weighted by Gasteiger charge is -2.06. The molecule has 0 aliphatic rings. The monoisotopic (exact) mass is 275 g/mol. The molecule has 19 heavy (non-hydrogen) atoms. The van der Waals surface area contributed by atoms with Gasteiger partial charge in [-0.05, 0) is 23.8 Å². The van der Waals surface area contributed by atoms with Crippen molar-refractivity contribution in [3.05, 3.63) is 64.2 Å². The summed E-state index contributed by atoms with van der Waals surface area (Å²) >= 11 is 5.70. The summed E-state index contributed by atoms with van der Waals surface area (Å²) in [5.41, 5.74) is 2.12. The Kier molecular flexibility index (Phi) is 4.45. The highest BCUT2D eigenvalue weighted by Gasteiger charge is 2.03. The van der Waals surface area contributed by atoms with Gasteiger partial charge in [0.25, 0.3) is 0 Å². The number of aromatic nitrogens is 1.